The Labute approximate surface area is 91.8 Å². The van der Waals surface area contributed by atoms with Crippen molar-refractivity contribution < 1.29 is 30.5 Å². The Morgan fingerprint density at radius 3 is 0.643 bits per heavy atom. The maximum atomic E-state index is 8.58. The molecule has 8 heteroatoms. The molecule has 0 aromatic carbocycles. The molecule has 0 spiro atoms. The van der Waals surface area contributed by atoms with Gasteiger partial charge in [-0.3, -0.25) is 0 Å². The summed E-state index contributed by atoms with van der Waals surface area (Å²) in [6.45, 7) is 0. The second-order valence-electron chi connectivity index (χ2n) is 1.80. The maximum Gasteiger partial charge on any atom is 4.00 e. The molecule has 0 fully saturated rings. The van der Waals surface area contributed by atoms with E-state index in [1.165, 1.54) is 0 Å². The maximum absolute atomic E-state index is 8.58. The van der Waals surface area contributed by atoms with E-state index in [0.717, 1.165) is 29.8 Å². The average molecular weight is 402 g/mol. The Kier molecular flexibility index (Phi) is 3.24. The van der Waals surface area contributed by atoms with Crippen LogP contribution in [0.15, 0.2) is 0 Å². The minimum atomic E-state index is -6.17. The largest absolute Gasteiger partial charge is 4.00 e. The summed E-state index contributed by atoms with van der Waals surface area (Å²) in [7, 11) is -6.17. The van der Waals surface area contributed by atoms with Gasteiger partial charge in [0.1, 0.15) is 0 Å². The molecule has 0 bridgehead atoms. The molecule has 0 aromatic heterocycles. The summed E-state index contributed by atoms with van der Waals surface area (Å²) >= 11 is 0. The minimum Gasteiger partial charge on any atom is 4.00 e. The van der Waals surface area contributed by atoms with Crippen LogP contribution in [0.4, 0.5) is 0 Å². The molecule has 14 heavy (non-hydrogen) atoms. The van der Waals surface area contributed by atoms with E-state index in [-0.39, 0.29) is 19.8 Å². The van der Waals surface area contributed by atoms with E-state index in [4.69, 9.17) is 31.6 Å². The first-order valence-electron chi connectivity index (χ1n) is 2.40. The van der Waals surface area contributed by atoms with Gasteiger partial charge in [-0.25, -0.2) is 0 Å². The number of hydrogen-bond donors (Lipinski definition) is 0. The monoisotopic (exact) mass is 404 g/mol. The Morgan fingerprint density at radius 1 is 0.500 bits per heavy atom. The number of nitriles is 6. The molecule has 0 amide bonds. The van der Waals surface area contributed by atoms with E-state index in [1.807, 2.05) is 0 Å². The first-order valence-corrected chi connectivity index (χ1v) is 5.71. The zero-order chi connectivity index (χ0) is 10.7. The molecule has 0 aliphatic rings. The van der Waals surface area contributed by atoms with Gasteiger partial charge in [-0.15, -0.1) is 0 Å². The van der Waals surface area contributed by atoms with Gasteiger partial charge in [-0.05, 0) is 0 Å². The second-order valence-corrected chi connectivity index (χ2v) is 7.42. The van der Waals surface area contributed by atoms with Crippen LogP contribution in [0.25, 0.3) is 0 Å². The van der Waals surface area contributed by atoms with Gasteiger partial charge >= 0.3 is 91.9 Å². The molecule has 6 nitrogen and oxygen atoms in total. The molecule has 0 saturated heterocycles. The Morgan fingerprint density at radius 2 is 0.643 bits per heavy atom. The van der Waals surface area contributed by atoms with Gasteiger partial charge in [0.15, 0.2) is 0 Å². The minimum absolute atomic E-state index is 0. The molecule has 0 N–H and O–H groups in total. The van der Waals surface area contributed by atoms with Crippen LogP contribution in [0.1, 0.15) is 0 Å². The average Bonchev–Trinajstić information content (AvgIpc) is 2.26. The van der Waals surface area contributed by atoms with E-state index in [9.17, 15) is 0 Å². The van der Waals surface area contributed by atoms with Gasteiger partial charge in [0.05, 0.1) is 0 Å². The molecule has 0 aliphatic carbocycles. The van der Waals surface area contributed by atoms with Crippen LogP contribution < -0.4 is 0 Å². The quantitative estimate of drug-likeness (QED) is 0.526. The predicted molar refractivity (Wildman–Crippen MR) is 33.7 cm³/mol. The van der Waals surface area contributed by atoms with E-state index in [1.54, 1.807) is 0 Å². The summed E-state index contributed by atoms with van der Waals surface area (Å²) in [5, 5.41) is 51.5. The fraction of sp³-hybridized carbons (Fsp3) is 0. The molecule has 0 radical (unpaired) electrons. The van der Waals surface area contributed by atoms with Crippen LogP contribution in [0.5, 0.6) is 0 Å². The predicted octanol–water partition coefficient (Wildman–Crippen LogP) is 0.0957. The van der Waals surface area contributed by atoms with Crippen molar-refractivity contribution in [2.75, 3.05) is 0 Å². The van der Waals surface area contributed by atoms with E-state index >= 15 is 0 Å². The van der Waals surface area contributed by atoms with Crippen molar-refractivity contribution in [3.8, 4) is 29.8 Å². The number of hydrogen-bond acceptors (Lipinski definition) is 6. The smallest absolute Gasteiger partial charge is 4.00 e. The molecule has 0 rings (SSSR count). The zero-order valence-electron chi connectivity index (χ0n) is 6.39. The molecule has 0 unspecified atom stereocenters. The van der Waals surface area contributed by atoms with Crippen LogP contribution in [0.3, 0.4) is 0 Å². The third-order valence-electron chi connectivity index (χ3n) is 1.19. The van der Waals surface area contributed by atoms with Crippen molar-refractivity contribution in [2.45, 2.75) is 0 Å². The Hall–Kier alpha value is -1.90. The third-order valence-corrected chi connectivity index (χ3v) is 4.89. The SMILES string of the molecule is N#[C][Fe-4]([C]#N)([C]#N)([C]#N)([C]#N)[C]#N.[Os+4]. The number of rotatable bonds is 0. The first kappa shape index (κ1) is 14.6. The van der Waals surface area contributed by atoms with Gasteiger partial charge in [-0.1, -0.05) is 0 Å². The van der Waals surface area contributed by atoms with Crippen LogP contribution >= 0.6 is 0 Å². The first-order chi connectivity index (χ1) is 5.97. The summed E-state index contributed by atoms with van der Waals surface area (Å²) < 4.78 is 0. The molecule has 0 saturated carbocycles. The summed E-state index contributed by atoms with van der Waals surface area (Å²) in [5.41, 5.74) is 0. The Balaban J connectivity index is 0. The summed E-state index contributed by atoms with van der Waals surface area (Å²) in [5.74, 6) is 0. The van der Waals surface area contributed by atoms with Gasteiger partial charge < -0.3 is 0 Å². The van der Waals surface area contributed by atoms with Crippen LogP contribution in [0, 0.1) is 61.4 Å². The van der Waals surface area contributed by atoms with Crippen molar-refractivity contribution in [3.05, 3.63) is 0 Å². The molecule has 0 heterocycles. The summed E-state index contributed by atoms with van der Waals surface area (Å²) in [6.07, 6.45) is 0. The van der Waals surface area contributed by atoms with Gasteiger partial charge in [0.2, 0.25) is 0 Å². The van der Waals surface area contributed by atoms with Crippen molar-refractivity contribution >= 4 is 0 Å². The fourth-order valence-electron chi connectivity index (χ4n) is 0.265. The van der Waals surface area contributed by atoms with E-state index in [0.29, 0.717) is 0 Å². The fourth-order valence-corrected chi connectivity index (χ4v) is 1.09. The van der Waals surface area contributed by atoms with Crippen molar-refractivity contribution in [1.29, 1.82) is 31.6 Å². The number of nitrogens with zero attached hydrogens (tertiary/aromatic N) is 6. The summed E-state index contributed by atoms with van der Waals surface area (Å²) in [6, 6.07) is 0. The van der Waals surface area contributed by atoms with E-state index in [2.05, 4.69) is 0 Å². The molecule has 0 aromatic rings. The van der Waals surface area contributed by atoms with Crippen LogP contribution in [0.2, 0.25) is 0 Å². The van der Waals surface area contributed by atoms with E-state index < -0.39 is 10.7 Å². The van der Waals surface area contributed by atoms with Crippen molar-refractivity contribution in [3.63, 3.8) is 0 Å². The standard InChI is InChI=1S/6CN.Fe.Os/c6*1-2;;/q;;;;;;-4;+4. The zero-order valence-corrected chi connectivity index (χ0v) is 10.0. The normalized spacial score (nSPS) is 12.4. The topological polar surface area (TPSA) is 143 Å². The Bertz CT molecular complexity index is 392. The van der Waals surface area contributed by atoms with Crippen LogP contribution in [-0.4, -0.2) is 0 Å². The van der Waals surface area contributed by atoms with Crippen molar-refractivity contribution in [1.82, 2.24) is 0 Å². The van der Waals surface area contributed by atoms with Gasteiger partial charge in [0.25, 0.3) is 0 Å². The van der Waals surface area contributed by atoms with Crippen molar-refractivity contribution in [2.24, 2.45) is 0 Å². The van der Waals surface area contributed by atoms with Gasteiger partial charge in [-0.2, -0.15) is 0 Å². The molecular weight excluding hydrogens is 402 g/mol. The van der Waals surface area contributed by atoms with Crippen LogP contribution in [-0.2, 0) is 30.5 Å². The van der Waals surface area contributed by atoms with Gasteiger partial charge in [0, 0.05) is 0 Å². The molecule has 0 atom stereocenters. The second kappa shape index (κ2) is 3.10. The molecule has 70 valence electrons. The molecular formula is C6FeN6Os. The summed E-state index contributed by atoms with van der Waals surface area (Å²) in [4.78, 5) is 6.19. The third kappa shape index (κ3) is 1.06. The molecule has 0 aliphatic heterocycles.